The third kappa shape index (κ3) is 9.61. The average molecular weight is 777 g/mol. The summed E-state index contributed by atoms with van der Waals surface area (Å²) in [5.41, 5.74) is 6.98. The predicted octanol–water partition coefficient (Wildman–Crippen LogP) is 9.53. The van der Waals surface area contributed by atoms with Gasteiger partial charge in [-0.1, -0.05) is 78.9 Å². The van der Waals surface area contributed by atoms with Gasteiger partial charge >= 0.3 is 5.97 Å². The second-order valence-electron chi connectivity index (χ2n) is 13.6. The highest BCUT2D eigenvalue weighted by atomic mass is 32.1. The molecule has 0 radical (unpaired) electrons. The molecule has 0 saturated carbocycles. The molecule has 1 atom stereocenters. The molecule has 0 saturated heterocycles. The molecule has 0 bridgehead atoms. The van der Waals surface area contributed by atoms with Gasteiger partial charge in [-0.25, -0.2) is 4.79 Å². The molecule has 6 aromatic carbocycles. The van der Waals surface area contributed by atoms with Crippen molar-refractivity contribution in [1.29, 1.82) is 0 Å². The van der Waals surface area contributed by atoms with E-state index in [0.29, 0.717) is 52.3 Å². The quantitative estimate of drug-likeness (QED) is 0.0903. The van der Waals surface area contributed by atoms with Crippen LogP contribution in [0.2, 0.25) is 0 Å². The normalized spacial score (nSPS) is 14.8. The number of esters is 1. The van der Waals surface area contributed by atoms with Crippen LogP contribution in [-0.4, -0.2) is 32.2 Å². The Bertz CT molecular complexity index is 2450. The molecule has 0 aliphatic carbocycles. The van der Waals surface area contributed by atoms with E-state index in [1.165, 1.54) is 0 Å². The van der Waals surface area contributed by atoms with Gasteiger partial charge in [-0.3, -0.25) is 4.79 Å². The fraction of sp³-hybridized carbons (Fsp3) is 0.149. The highest BCUT2D eigenvalue weighted by molar-refractivity contribution is 7.00. The smallest absolute Gasteiger partial charge is 0.342 e. The van der Waals surface area contributed by atoms with Crippen LogP contribution < -0.4 is 14.2 Å². The van der Waals surface area contributed by atoms with Crippen LogP contribution in [0.25, 0.3) is 16.6 Å². The molecule has 1 unspecified atom stereocenters. The Morgan fingerprint density at radius 1 is 0.684 bits per heavy atom. The number of nitrogens with zero attached hydrogens (tertiary/aromatic N) is 2. The van der Waals surface area contributed by atoms with Gasteiger partial charge in [0.1, 0.15) is 47.8 Å². The van der Waals surface area contributed by atoms with Gasteiger partial charge in [-0.15, -0.1) is 0 Å². The van der Waals surface area contributed by atoms with Crippen LogP contribution in [-0.2, 0) is 35.0 Å². The first-order valence-electron chi connectivity index (χ1n) is 18.4. The maximum Gasteiger partial charge on any atom is 0.342 e. The minimum atomic E-state index is -1.96. The van der Waals surface area contributed by atoms with Crippen molar-refractivity contribution in [3.05, 3.63) is 191 Å². The lowest BCUT2D eigenvalue weighted by molar-refractivity contribution is -0.185. The van der Waals surface area contributed by atoms with Gasteiger partial charge in [0, 0.05) is 23.1 Å². The molecule has 2 heterocycles. The van der Waals surface area contributed by atoms with E-state index >= 15 is 0 Å². The topological polar surface area (TPSA) is 117 Å². The summed E-state index contributed by atoms with van der Waals surface area (Å²) in [5.74, 6) is -0.400. The van der Waals surface area contributed by atoms with Gasteiger partial charge in [0.2, 0.25) is 0 Å². The van der Waals surface area contributed by atoms with E-state index in [-0.39, 0.29) is 12.5 Å². The molecule has 0 fully saturated rings. The Morgan fingerprint density at radius 2 is 1.25 bits per heavy atom. The van der Waals surface area contributed by atoms with Crippen molar-refractivity contribution >= 4 is 40.6 Å². The van der Waals surface area contributed by atoms with Gasteiger partial charge in [-0.05, 0) is 109 Å². The van der Waals surface area contributed by atoms with Gasteiger partial charge in [-0.2, -0.15) is 8.75 Å². The largest absolute Gasteiger partial charge is 0.491 e. The number of carbonyl (C=O) groups excluding carboxylic acids is 2. The lowest BCUT2D eigenvalue weighted by Gasteiger charge is -2.26. The standard InChI is InChI=1S/C33H28N2O5S.C14H12O2/c1-21(2)39-27-15-11-25(12-16-27)33(37)28(31(32(36)40-33)24-10-17-29-30(19-24)35-41-34-29)18-22-8-13-26(14-9-22)38-20-23-6-4-3-5-7-23;15-10-12-6-8-14(9-7-12)16-11-13-4-2-1-3-5-13/h3-17,19,21,37H,18,20H2,1-2H3;1-10H,11H2. The second kappa shape index (κ2) is 17.9. The summed E-state index contributed by atoms with van der Waals surface area (Å²) in [6.45, 7) is 4.89. The fourth-order valence-corrected chi connectivity index (χ4v) is 6.79. The van der Waals surface area contributed by atoms with E-state index < -0.39 is 11.8 Å². The number of hydrogen-bond donors (Lipinski definition) is 1. The van der Waals surface area contributed by atoms with Crippen molar-refractivity contribution in [2.75, 3.05) is 0 Å². The zero-order valence-corrected chi connectivity index (χ0v) is 32.2. The summed E-state index contributed by atoms with van der Waals surface area (Å²) in [5, 5.41) is 12.0. The zero-order chi connectivity index (χ0) is 39.6. The van der Waals surface area contributed by atoms with Crippen LogP contribution in [0.15, 0.2) is 157 Å². The molecule has 0 spiro atoms. The van der Waals surface area contributed by atoms with Gasteiger partial charge in [0.25, 0.3) is 5.79 Å². The molecular weight excluding hydrogens is 737 g/mol. The lowest BCUT2D eigenvalue weighted by Crippen LogP contribution is -2.29. The number of hydrogen-bond acceptors (Lipinski definition) is 10. The molecule has 10 heteroatoms. The maximum atomic E-state index is 13.4. The van der Waals surface area contributed by atoms with Crippen LogP contribution >= 0.6 is 11.7 Å². The second-order valence-corrected chi connectivity index (χ2v) is 14.1. The predicted molar refractivity (Wildman–Crippen MR) is 220 cm³/mol. The third-order valence-corrected chi connectivity index (χ3v) is 9.69. The molecule has 7 aromatic rings. The molecular formula is C47H40N2O7S. The number of benzene rings is 6. The number of cyclic esters (lactones) is 1. The number of ether oxygens (including phenoxy) is 4. The molecule has 1 aliphatic rings. The Morgan fingerprint density at radius 3 is 1.82 bits per heavy atom. The molecule has 1 aliphatic heterocycles. The first-order valence-corrected chi connectivity index (χ1v) is 19.2. The van der Waals surface area contributed by atoms with Crippen LogP contribution in [0, 0.1) is 0 Å². The summed E-state index contributed by atoms with van der Waals surface area (Å²) in [6, 6.07) is 47.1. The van der Waals surface area contributed by atoms with Crippen LogP contribution in [0.4, 0.5) is 0 Å². The SMILES string of the molecule is CC(C)Oc1ccc(C2(O)OC(=O)C(c3ccc4nsnc4c3)=C2Cc2ccc(OCc3ccccc3)cc2)cc1.O=Cc1ccc(OCc2ccccc2)cc1. The van der Waals surface area contributed by atoms with E-state index in [9.17, 15) is 14.7 Å². The number of aliphatic hydroxyl groups is 1. The van der Waals surface area contributed by atoms with Crippen molar-refractivity contribution in [3.63, 3.8) is 0 Å². The Hall–Kier alpha value is -6.62. The molecule has 9 nitrogen and oxygen atoms in total. The number of aromatic nitrogens is 2. The third-order valence-electron chi connectivity index (χ3n) is 9.13. The van der Waals surface area contributed by atoms with Crippen molar-refractivity contribution in [3.8, 4) is 17.2 Å². The maximum absolute atomic E-state index is 13.4. The Balaban J connectivity index is 0.000000259. The number of carbonyl (C=O) groups is 2. The van der Waals surface area contributed by atoms with E-state index in [0.717, 1.165) is 51.7 Å². The van der Waals surface area contributed by atoms with E-state index in [2.05, 4.69) is 8.75 Å². The Labute approximate surface area is 335 Å². The average Bonchev–Trinajstić information content (AvgIpc) is 3.82. The molecule has 0 amide bonds. The molecule has 8 rings (SSSR count). The lowest BCUT2D eigenvalue weighted by atomic mass is 9.88. The molecule has 57 heavy (non-hydrogen) atoms. The molecule has 1 aromatic heterocycles. The fourth-order valence-electron chi connectivity index (χ4n) is 6.27. The molecule has 286 valence electrons. The van der Waals surface area contributed by atoms with E-state index in [4.69, 9.17) is 18.9 Å². The summed E-state index contributed by atoms with van der Waals surface area (Å²) in [7, 11) is 0. The number of aldehydes is 1. The first kappa shape index (κ1) is 38.6. The van der Waals surface area contributed by atoms with Gasteiger partial charge in [0.05, 0.1) is 23.4 Å². The van der Waals surface area contributed by atoms with Crippen molar-refractivity contribution in [2.45, 2.75) is 45.4 Å². The summed E-state index contributed by atoms with van der Waals surface area (Å²) >= 11 is 1.11. The minimum absolute atomic E-state index is 0.00469. The highest BCUT2D eigenvalue weighted by Crippen LogP contribution is 2.45. The first-order chi connectivity index (χ1) is 27.8. The van der Waals surface area contributed by atoms with Gasteiger partial charge in [0.15, 0.2) is 0 Å². The van der Waals surface area contributed by atoms with E-state index in [1.54, 1.807) is 54.6 Å². The minimum Gasteiger partial charge on any atom is -0.491 e. The summed E-state index contributed by atoms with van der Waals surface area (Å²) in [4.78, 5) is 23.9. The molecule has 1 N–H and O–H groups in total. The van der Waals surface area contributed by atoms with Crippen LogP contribution in [0.5, 0.6) is 17.2 Å². The van der Waals surface area contributed by atoms with Crippen molar-refractivity contribution < 1.29 is 33.6 Å². The van der Waals surface area contributed by atoms with Gasteiger partial charge < -0.3 is 24.1 Å². The zero-order valence-electron chi connectivity index (χ0n) is 31.4. The summed E-state index contributed by atoms with van der Waals surface area (Å²) in [6.07, 6.45) is 1.10. The van der Waals surface area contributed by atoms with Crippen molar-refractivity contribution in [2.24, 2.45) is 0 Å². The highest BCUT2D eigenvalue weighted by Gasteiger charge is 2.48. The monoisotopic (exact) mass is 776 g/mol. The van der Waals surface area contributed by atoms with Crippen LogP contribution in [0.1, 0.15) is 52.0 Å². The Kier molecular flexibility index (Phi) is 12.1. The number of fused-ring (bicyclic) bond motifs is 1. The number of rotatable bonds is 13. The van der Waals surface area contributed by atoms with Crippen molar-refractivity contribution in [1.82, 2.24) is 8.75 Å². The van der Waals surface area contributed by atoms with E-state index in [1.807, 2.05) is 111 Å². The summed E-state index contributed by atoms with van der Waals surface area (Å²) < 4.78 is 31.6. The van der Waals surface area contributed by atoms with Crippen LogP contribution in [0.3, 0.4) is 0 Å².